The highest BCUT2D eigenvalue weighted by Gasteiger charge is 2.21. The van der Waals surface area contributed by atoms with Gasteiger partial charge in [0.25, 0.3) is 0 Å². The molecule has 0 radical (unpaired) electrons. The summed E-state index contributed by atoms with van der Waals surface area (Å²) in [5, 5.41) is 7.37. The molecular formula is C55H34N4S. The van der Waals surface area contributed by atoms with Gasteiger partial charge in [-0.1, -0.05) is 158 Å². The fraction of sp³-hybridized carbons (Fsp3) is 0. The van der Waals surface area contributed by atoms with Crippen LogP contribution in [-0.2, 0) is 0 Å². The Labute approximate surface area is 350 Å². The highest BCUT2D eigenvalue weighted by molar-refractivity contribution is 7.25. The van der Waals surface area contributed by atoms with Crippen LogP contribution < -0.4 is 0 Å². The second kappa shape index (κ2) is 14.0. The number of fused-ring (bicyclic) bond motifs is 7. The number of benzene rings is 9. The quantitative estimate of drug-likeness (QED) is 0.169. The summed E-state index contributed by atoms with van der Waals surface area (Å²) < 4.78 is 4.97. The van der Waals surface area contributed by atoms with Crippen LogP contribution in [0.15, 0.2) is 206 Å². The minimum absolute atomic E-state index is 0.608. The molecule has 0 aliphatic carbocycles. The van der Waals surface area contributed by atoms with Crippen molar-refractivity contribution in [1.82, 2.24) is 19.5 Å². The Hall–Kier alpha value is -7.73. The molecule has 0 atom stereocenters. The van der Waals surface area contributed by atoms with Gasteiger partial charge < -0.3 is 4.57 Å². The van der Waals surface area contributed by atoms with Gasteiger partial charge in [-0.3, -0.25) is 0 Å². The number of hydrogen-bond donors (Lipinski definition) is 0. The molecular weight excluding hydrogens is 749 g/mol. The summed E-state index contributed by atoms with van der Waals surface area (Å²) in [5.74, 6) is 1.85. The van der Waals surface area contributed by atoms with Gasteiger partial charge >= 0.3 is 0 Å². The zero-order chi connectivity index (χ0) is 39.6. The van der Waals surface area contributed by atoms with E-state index in [2.05, 4.69) is 193 Å². The lowest BCUT2D eigenvalue weighted by Gasteiger charge is -2.17. The van der Waals surface area contributed by atoms with E-state index in [1.165, 1.54) is 47.3 Å². The topological polar surface area (TPSA) is 43.6 Å². The van der Waals surface area contributed by atoms with Crippen molar-refractivity contribution >= 4 is 64.1 Å². The summed E-state index contributed by atoms with van der Waals surface area (Å²) >= 11 is 1.84. The third kappa shape index (κ3) is 5.70. The average molecular weight is 783 g/mol. The van der Waals surface area contributed by atoms with Crippen molar-refractivity contribution in [2.75, 3.05) is 0 Å². The van der Waals surface area contributed by atoms with Gasteiger partial charge in [-0.2, -0.15) is 0 Å². The smallest absolute Gasteiger partial charge is 0.166 e. The van der Waals surface area contributed by atoms with Crippen molar-refractivity contribution in [2.24, 2.45) is 0 Å². The molecule has 0 bridgehead atoms. The highest BCUT2D eigenvalue weighted by atomic mass is 32.1. The van der Waals surface area contributed by atoms with Gasteiger partial charge in [-0.15, -0.1) is 11.3 Å². The van der Waals surface area contributed by atoms with Crippen LogP contribution in [0.2, 0.25) is 0 Å². The lowest BCUT2D eigenvalue weighted by Crippen LogP contribution is -2.04. The maximum Gasteiger partial charge on any atom is 0.166 e. The first-order valence-corrected chi connectivity index (χ1v) is 21.0. The molecule has 3 aromatic heterocycles. The van der Waals surface area contributed by atoms with E-state index in [-0.39, 0.29) is 0 Å². The van der Waals surface area contributed by atoms with Crippen LogP contribution in [0.5, 0.6) is 0 Å². The van der Waals surface area contributed by atoms with Crippen molar-refractivity contribution in [3.8, 4) is 62.1 Å². The zero-order valence-corrected chi connectivity index (χ0v) is 33.1. The molecule has 12 aromatic rings. The Bertz CT molecular complexity index is 3560. The molecule has 60 heavy (non-hydrogen) atoms. The van der Waals surface area contributed by atoms with E-state index < -0.39 is 0 Å². The van der Waals surface area contributed by atoms with Gasteiger partial charge in [0.1, 0.15) is 0 Å². The van der Waals surface area contributed by atoms with Gasteiger partial charge in [0.2, 0.25) is 0 Å². The van der Waals surface area contributed by atoms with Crippen LogP contribution >= 0.6 is 11.3 Å². The third-order valence-electron chi connectivity index (χ3n) is 11.7. The van der Waals surface area contributed by atoms with Gasteiger partial charge in [0, 0.05) is 47.6 Å². The normalized spacial score (nSPS) is 11.7. The molecule has 3 heterocycles. The van der Waals surface area contributed by atoms with Gasteiger partial charge in [-0.05, 0) is 81.6 Å². The Morgan fingerprint density at radius 1 is 0.317 bits per heavy atom. The Kier molecular flexibility index (Phi) is 8.00. The van der Waals surface area contributed by atoms with E-state index in [0.717, 1.165) is 50.1 Å². The number of aromatic nitrogens is 4. The van der Waals surface area contributed by atoms with Crippen LogP contribution in [-0.4, -0.2) is 19.5 Å². The van der Waals surface area contributed by atoms with Gasteiger partial charge in [-0.25, -0.2) is 15.0 Å². The second-order valence-corrected chi connectivity index (χ2v) is 16.3. The van der Waals surface area contributed by atoms with Crippen molar-refractivity contribution < 1.29 is 0 Å². The van der Waals surface area contributed by atoms with Gasteiger partial charge in [0.05, 0.1) is 16.7 Å². The lowest BCUT2D eigenvalue weighted by molar-refractivity contribution is 1.06. The van der Waals surface area contributed by atoms with E-state index in [9.17, 15) is 0 Å². The lowest BCUT2D eigenvalue weighted by atomic mass is 9.96. The Morgan fingerprint density at radius 3 is 1.70 bits per heavy atom. The average Bonchev–Trinajstić information content (AvgIpc) is 3.87. The predicted molar refractivity (Wildman–Crippen MR) is 252 cm³/mol. The Balaban J connectivity index is 1.09. The number of nitrogens with zero attached hydrogens (tertiary/aromatic N) is 4. The minimum atomic E-state index is 0.608. The summed E-state index contributed by atoms with van der Waals surface area (Å²) in [4.78, 5) is 15.8. The van der Waals surface area contributed by atoms with E-state index in [1.807, 2.05) is 29.5 Å². The predicted octanol–water partition coefficient (Wildman–Crippen LogP) is 14.8. The largest absolute Gasteiger partial charge is 0.308 e. The molecule has 0 amide bonds. The Morgan fingerprint density at radius 2 is 0.883 bits per heavy atom. The summed E-state index contributed by atoms with van der Waals surface area (Å²) in [6.45, 7) is 0. The van der Waals surface area contributed by atoms with E-state index in [0.29, 0.717) is 17.5 Å². The van der Waals surface area contributed by atoms with E-state index in [4.69, 9.17) is 15.0 Å². The first-order valence-electron chi connectivity index (χ1n) is 20.2. The summed E-state index contributed by atoms with van der Waals surface area (Å²) in [6.07, 6.45) is 0. The second-order valence-electron chi connectivity index (χ2n) is 15.2. The molecule has 280 valence electrons. The van der Waals surface area contributed by atoms with Crippen LogP contribution in [0.1, 0.15) is 0 Å². The third-order valence-corrected chi connectivity index (χ3v) is 12.8. The molecule has 0 aliphatic rings. The molecule has 12 rings (SSSR count). The highest BCUT2D eigenvalue weighted by Crippen LogP contribution is 2.41. The monoisotopic (exact) mass is 782 g/mol. The SMILES string of the molecule is c1ccc(-c2nc(-c3cccc(-c4ccc5sc6ccccc6c5c4)c3)nc(-c3ccc(-c4cccc5ccccc45)cc3-n3c4ccccc4c4ccccc43)n2)cc1. The van der Waals surface area contributed by atoms with Crippen molar-refractivity contribution in [1.29, 1.82) is 0 Å². The van der Waals surface area contributed by atoms with Crippen LogP contribution in [0.25, 0.3) is 115 Å². The fourth-order valence-electron chi connectivity index (χ4n) is 8.82. The molecule has 0 saturated carbocycles. The molecule has 0 aliphatic heterocycles. The zero-order valence-electron chi connectivity index (χ0n) is 32.3. The number of para-hydroxylation sites is 2. The van der Waals surface area contributed by atoms with Crippen molar-refractivity contribution in [3.05, 3.63) is 206 Å². The minimum Gasteiger partial charge on any atom is -0.308 e. The molecule has 4 nitrogen and oxygen atoms in total. The maximum absolute atomic E-state index is 5.37. The number of rotatable bonds is 6. The molecule has 9 aromatic carbocycles. The standard InChI is InChI=1S/C55H34N4S/c1-2-15-36(16-3-1)53-56-54(40-19-12-18-37(32-40)38-29-31-52-47(33-38)45-23-8-11-27-51(45)60-52)58-55(57-53)46-30-28-39(42-24-13-17-35-14-4-5-20-41(35)42)34-50(46)59-48-25-9-6-21-43(48)44-22-7-10-26-49(44)59/h1-34H. The molecule has 0 spiro atoms. The summed E-state index contributed by atoms with van der Waals surface area (Å²) in [7, 11) is 0. The number of thiophene rings is 1. The molecule has 0 saturated heterocycles. The summed E-state index contributed by atoms with van der Waals surface area (Å²) in [5.41, 5.74) is 10.6. The molecule has 0 N–H and O–H groups in total. The number of hydrogen-bond acceptors (Lipinski definition) is 4. The first kappa shape index (κ1) is 34.3. The van der Waals surface area contributed by atoms with Crippen LogP contribution in [0.3, 0.4) is 0 Å². The van der Waals surface area contributed by atoms with Crippen LogP contribution in [0.4, 0.5) is 0 Å². The van der Waals surface area contributed by atoms with Crippen molar-refractivity contribution in [2.45, 2.75) is 0 Å². The van der Waals surface area contributed by atoms with E-state index >= 15 is 0 Å². The van der Waals surface area contributed by atoms with Crippen molar-refractivity contribution in [3.63, 3.8) is 0 Å². The molecule has 5 heteroatoms. The maximum atomic E-state index is 5.37. The van der Waals surface area contributed by atoms with E-state index in [1.54, 1.807) is 0 Å². The van der Waals surface area contributed by atoms with Crippen LogP contribution in [0, 0.1) is 0 Å². The van der Waals surface area contributed by atoms with Gasteiger partial charge in [0.15, 0.2) is 17.5 Å². The summed E-state index contributed by atoms with van der Waals surface area (Å²) in [6, 6.07) is 73.4. The molecule has 0 fully saturated rings. The first-order chi connectivity index (χ1) is 29.7. The fourth-order valence-corrected chi connectivity index (χ4v) is 9.90. The molecule has 0 unspecified atom stereocenters.